The van der Waals surface area contributed by atoms with Crippen molar-refractivity contribution in [2.75, 3.05) is 5.32 Å². The molecule has 140 valence electrons. The van der Waals surface area contributed by atoms with E-state index in [1.165, 1.54) is 0 Å². The van der Waals surface area contributed by atoms with Gasteiger partial charge in [0, 0.05) is 12.3 Å². The third-order valence-electron chi connectivity index (χ3n) is 4.37. The van der Waals surface area contributed by atoms with E-state index in [-0.39, 0.29) is 12.3 Å². The van der Waals surface area contributed by atoms with Gasteiger partial charge in [-0.3, -0.25) is 4.79 Å². The molecule has 28 heavy (non-hydrogen) atoms. The lowest BCUT2D eigenvalue weighted by Gasteiger charge is -2.08. The summed E-state index contributed by atoms with van der Waals surface area (Å²) in [7, 11) is 0. The summed E-state index contributed by atoms with van der Waals surface area (Å²) in [6, 6.07) is 21.8. The van der Waals surface area contributed by atoms with E-state index in [4.69, 9.17) is 0 Å². The number of carbonyl (C=O) groups is 1. The van der Waals surface area contributed by atoms with Gasteiger partial charge in [-0.25, -0.2) is 9.36 Å². The first-order valence-electron chi connectivity index (χ1n) is 9.14. The monoisotopic (exact) mass is 371 g/mol. The van der Waals surface area contributed by atoms with Crippen molar-refractivity contribution < 1.29 is 4.79 Å². The van der Waals surface area contributed by atoms with E-state index < -0.39 is 0 Å². The number of para-hydroxylation sites is 1. The molecule has 0 radical (unpaired) electrons. The Bertz CT molecular complexity index is 1070. The zero-order chi connectivity index (χ0) is 19.3. The smallest absolute Gasteiger partial charge is 0.230 e. The molecular weight excluding hydrogens is 350 g/mol. The summed E-state index contributed by atoms with van der Waals surface area (Å²) in [6.07, 6.45) is 3.85. The molecular formula is C22H21N5O. The topological polar surface area (TPSA) is 64.7 Å². The summed E-state index contributed by atoms with van der Waals surface area (Å²) in [5.74, 6) is 0.601. The lowest BCUT2D eigenvalue weighted by atomic mass is 10.2. The lowest BCUT2D eigenvalue weighted by molar-refractivity contribution is -0.115. The second-order valence-corrected chi connectivity index (χ2v) is 6.67. The van der Waals surface area contributed by atoms with Crippen LogP contribution in [-0.2, 0) is 17.8 Å². The number of carbonyl (C=O) groups excluding carboxylic acids is 1. The molecule has 6 heteroatoms. The fourth-order valence-corrected chi connectivity index (χ4v) is 3.07. The fourth-order valence-electron chi connectivity index (χ4n) is 3.07. The van der Waals surface area contributed by atoms with Crippen LogP contribution < -0.4 is 5.32 Å². The number of aromatic nitrogens is 4. The average molecular weight is 371 g/mol. The van der Waals surface area contributed by atoms with Crippen LogP contribution in [0.2, 0.25) is 0 Å². The van der Waals surface area contributed by atoms with E-state index in [2.05, 4.69) is 15.5 Å². The minimum Gasteiger partial charge on any atom is -0.311 e. The molecule has 1 N–H and O–H groups in total. The Morgan fingerprint density at radius 3 is 2.46 bits per heavy atom. The molecule has 4 rings (SSSR count). The van der Waals surface area contributed by atoms with Gasteiger partial charge in [0.25, 0.3) is 0 Å². The number of nitrogens with one attached hydrogen (secondary N) is 1. The predicted octanol–water partition coefficient (Wildman–Crippen LogP) is 3.61. The highest BCUT2D eigenvalue weighted by molar-refractivity contribution is 5.91. The van der Waals surface area contributed by atoms with Crippen LogP contribution in [0.25, 0.3) is 5.69 Å². The van der Waals surface area contributed by atoms with Crippen LogP contribution in [0.15, 0.2) is 79.1 Å². The Morgan fingerprint density at radius 2 is 1.71 bits per heavy atom. The molecule has 2 heterocycles. The quantitative estimate of drug-likeness (QED) is 0.563. The van der Waals surface area contributed by atoms with Crippen LogP contribution in [0, 0.1) is 6.92 Å². The summed E-state index contributed by atoms with van der Waals surface area (Å²) in [6.45, 7) is 2.53. The third-order valence-corrected chi connectivity index (χ3v) is 4.37. The molecule has 2 aromatic heterocycles. The van der Waals surface area contributed by atoms with Crippen LogP contribution >= 0.6 is 0 Å². The Labute approximate surface area is 163 Å². The van der Waals surface area contributed by atoms with Gasteiger partial charge in [0.15, 0.2) is 0 Å². The standard InChI is InChI=1S/C22H21N5O/c1-17-12-21(27(25-17)15-18-8-4-2-5-9-18)24-22(28)13-19-14-23-26(16-19)20-10-6-3-7-11-20/h2-12,14,16H,13,15H2,1H3,(H,24,28). The molecule has 0 fully saturated rings. The average Bonchev–Trinajstić information content (AvgIpc) is 3.30. The number of rotatable bonds is 6. The third kappa shape index (κ3) is 4.17. The van der Waals surface area contributed by atoms with Gasteiger partial charge < -0.3 is 5.32 Å². The van der Waals surface area contributed by atoms with Crippen LogP contribution in [-0.4, -0.2) is 25.5 Å². The maximum absolute atomic E-state index is 12.6. The summed E-state index contributed by atoms with van der Waals surface area (Å²) >= 11 is 0. The van der Waals surface area contributed by atoms with Crippen molar-refractivity contribution in [3.05, 3.63) is 95.9 Å². The zero-order valence-electron chi connectivity index (χ0n) is 15.6. The minimum atomic E-state index is -0.0955. The lowest BCUT2D eigenvalue weighted by Crippen LogP contribution is -2.17. The van der Waals surface area contributed by atoms with E-state index in [1.807, 2.05) is 84.5 Å². The second kappa shape index (κ2) is 7.92. The molecule has 0 spiro atoms. The maximum atomic E-state index is 12.6. The van der Waals surface area contributed by atoms with E-state index in [0.717, 1.165) is 22.5 Å². The van der Waals surface area contributed by atoms with Crippen LogP contribution in [0.3, 0.4) is 0 Å². The summed E-state index contributed by atoms with van der Waals surface area (Å²) in [5.41, 5.74) is 3.81. The number of anilines is 1. The van der Waals surface area contributed by atoms with E-state index >= 15 is 0 Å². The molecule has 4 aromatic rings. The van der Waals surface area contributed by atoms with Crippen molar-refractivity contribution in [3.63, 3.8) is 0 Å². The SMILES string of the molecule is Cc1cc(NC(=O)Cc2cnn(-c3ccccc3)c2)n(Cc2ccccc2)n1. The first-order valence-corrected chi connectivity index (χ1v) is 9.14. The number of nitrogens with zero attached hydrogens (tertiary/aromatic N) is 4. The minimum absolute atomic E-state index is 0.0955. The van der Waals surface area contributed by atoms with Crippen LogP contribution in [0.1, 0.15) is 16.8 Å². The van der Waals surface area contributed by atoms with Crippen molar-refractivity contribution in [2.45, 2.75) is 19.9 Å². The number of hydrogen-bond acceptors (Lipinski definition) is 3. The van der Waals surface area contributed by atoms with Gasteiger partial charge in [0.2, 0.25) is 5.91 Å². The zero-order valence-corrected chi connectivity index (χ0v) is 15.6. The molecule has 0 aliphatic carbocycles. The number of amides is 1. The number of aryl methyl sites for hydroxylation is 1. The van der Waals surface area contributed by atoms with Crippen LogP contribution in [0.5, 0.6) is 0 Å². The summed E-state index contributed by atoms with van der Waals surface area (Å²) in [5, 5.41) is 11.8. The maximum Gasteiger partial charge on any atom is 0.230 e. The van der Waals surface area contributed by atoms with E-state index in [9.17, 15) is 4.79 Å². The van der Waals surface area contributed by atoms with Crippen molar-refractivity contribution in [2.24, 2.45) is 0 Å². The Balaban J connectivity index is 1.44. The Kier molecular flexibility index (Phi) is 5.01. The van der Waals surface area contributed by atoms with E-state index in [1.54, 1.807) is 10.9 Å². The molecule has 0 unspecified atom stereocenters. The highest BCUT2D eigenvalue weighted by atomic mass is 16.1. The Hall–Kier alpha value is -3.67. The summed E-state index contributed by atoms with van der Waals surface area (Å²) < 4.78 is 3.59. The molecule has 6 nitrogen and oxygen atoms in total. The molecule has 0 atom stereocenters. The van der Waals surface area contributed by atoms with Crippen molar-refractivity contribution >= 4 is 11.7 Å². The second-order valence-electron chi connectivity index (χ2n) is 6.67. The molecule has 0 saturated heterocycles. The molecule has 0 aliphatic heterocycles. The van der Waals surface area contributed by atoms with Gasteiger partial charge in [-0.1, -0.05) is 48.5 Å². The van der Waals surface area contributed by atoms with Crippen molar-refractivity contribution in [1.82, 2.24) is 19.6 Å². The normalized spacial score (nSPS) is 10.8. The molecule has 2 aromatic carbocycles. The van der Waals surface area contributed by atoms with Crippen molar-refractivity contribution in [3.8, 4) is 5.69 Å². The van der Waals surface area contributed by atoms with Gasteiger partial charge >= 0.3 is 0 Å². The molecule has 0 aliphatic rings. The van der Waals surface area contributed by atoms with Crippen molar-refractivity contribution in [1.29, 1.82) is 0 Å². The summed E-state index contributed by atoms with van der Waals surface area (Å²) in [4.78, 5) is 12.6. The van der Waals surface area contributed by atoms with Gasteiger partial charge in [0.1, 0.15) is 5.82 Å². The highest BCUT2D eigenvalue weighted by Crippen LogP contribution is 2.14. The molecule has 1 amide bonds. The van der Waals surface area contributed by atoms with Crippen LogP contribution in [0.4, 0.5) is 5.82 Å². The first kappa shape index (κ1) is 17.7. The van der Waals surface area contributed by atoms with Gasteiger partial charge in [0.05, 0.1) is 30.5 Å². The first-order chi connectivity index (χ1) is 13.7. The number of hydrogen-bond donors (Lipinski definition) is 1. The fraction of sp³-hybridized carbons (Fsp3) is 0.136. The predicted molar refractivity (Wildman–Crippen MR) is 108 cm³/mol. The van der Waals surface area contributed by atoms with Gasteiger partial charge in [-0.05, 0) is 30.2 Å². The largest absolute Gasteiger partial charge is 0.311 e. The molecule has 0 saturated carbocycles. The Morgan fingerprint density at radius 1 is 1.00 bits per heavy atom. The number of benzene rings is 2. The van der Waals surface area contributed by atoms with Gasteiger partial charge in [-0.2, -0.15) is 10.2 Å². The highest BCUT2D eigenvalue weighted by Gasteiger charge is 2.12. The van der Waals surface area contributed by atoms with E-state index in [0.29, 0.717) is 12.4 Å². The van der Waals surface area contributed by atoms with Gasteiger partial charge in [-0.15, -0.1) is 0 Å². The molecule has 0 bridgehead atoms.